The predicted octanol–water partition coefficient (Wildman–Crippen LogP) is 2.35. The second kappa shape index (κ2) is 9.39. The van der Waals surface area contributed by atoms with Crippen molar-refractivity contribution >= 4 is 23.5 Å². The predicted molar refractivity (Wildman–Crippen MR) is 105 cm³/mol. The van der Waals surface area contributed by atoms with Gasteiger partial charge in [-0.2, -0.15) is 0 Å². The van der Waals surface area contributed by atoms with E-state index >= 15 is 0 Å². The van der Waals surface area contributed by atoms with Gasteiger partial charge in [-0.1, -0.05) is 39.0 Å². The summed E-state index contributed by atoms with van der Waals surface area (Å²) in [6, 6.07) is 9.31. The molecule has 148 valence electrons. The van der Waals surface area contributed by atoms with E-state index in [0.717, 1.165) is 18.5 Å². The van der Waals surface area contributed by atoms with Crippen LogP contribution in [0.1, 0.15) is 40.0 Å². The number of nitrogens with zero attached hydrogens (tertiary/aromatic N) is 1. The third-order valence-electron chi connectivity index (χ3n) is 4.49. The van der Waals surface area contributed by atoms with Crippen LogP contribution < -0.4 is 16.0 Å². The maximum absolute atomic E-state index is 12.3. The molecule has 0 spiro atoms. The number of carbonyl (C=O) groups excluding carboxylic acids is 3. The van der Waals surface area contributed by atoms with Crippen molar-refractivity contribution in [3.63, 3.8) is 0 Å². The van der Waals surface area contributed by atoms with Crippen LogP contribution in [0.4, 0.5) is 10.5 Å². The second-order valence-corrected chi connectivity index (χ2v) is 7.88. The quantitative estimate of drug-likeness (QED) is 0.739. The lowest BCUT2D eigenvalue weighted by Crippen LogP contribution is -2.48. The SMILES string of the molecule is CC(C)(C)C(=O)NCCC(=O)NC1CCN(C(=O)Nc2ccccc2)CC1. The normalized spacial score (nSPS) is 15.1. The van der Waals surface area contributed by atoms with Crippen LogP contribution in [0.3, 0.4) is 0 Å². The van der Waals surface area contributed by atoms with Crippen LogP contribution in [0.15, 0.2) is 30.3 Å². The van der Waals surface area contributed by atoms with Gasteiger partial charge in [-0.15, -0.1) is 0 Å². The van der Waals surface area contributed by atoms with Crippen LogP contribution in [0.5, 0.6) is 0 Å². The van der Waals surface area contributed by atoms with Gasteiger partial charge >= 0.3 is 6.03 Å². The molecule has 0 saturated carbocycles. The molecule has 0 radical (unpaired) electrons. The average Bonchev–Trinajstić information content (AvgIpc) is 2.62. The Morgan fingerprint density at radius 1 is 1.07 bits per heavy atom. The first-order chi connectivity index (χ1) is 12.8. The third-order valence-corrected chi connectivity index (χ3v) is 4.49. The van der Waals surface area contributed by atoms with Crippen LogP contribution >= 0.6 is 0 Å². The number of nitrogens with one attached hydrogen (secondary N) is 3. The Morgan fingerprint density at radius 2 is 1.70 bits per heavy atom. The highest BCUT2D eigenvalue weighted by Crippen LogP contribution is 2.14. The van der Waals surface area contributed by atoms with E-state index in [4.69, 9.17) is 0 Å². The van der Waals surface area contributed by atoms with Gasteiger partial charge in [0.1, 0.15) is 0 Å². The van der Waals surface area contributed by atoms with E-state index in [0.29, 0.717) is 19.6 Å². The molecule has 0 bridgehead atoms. The van der Waals surface area contributed by atoms with Gasteiger partial charge < -0.3 is 20.9 Å². The fraction of sp³-hybridized carbons (Fsp3) is 0.550. The summed E-state index contributed by atoms with van der Waals surface area (Å²) in [5.74, 6) is -0.135. The Morgan fingerprint density at radius 3 is 2.30 bits per heavy atom. The summed E-state index contributed by atoms with van der Waals surface area (Å²) < 4.78 is 0. The first-order valence-corrected chi connectivity index (χ1v) is 9.44. The van der Waals surface area contributed by atoms with E-state index < -0.39 is 5.41 Å². The van der Waals surface area contributed by atoms with Gasteiger partial charge in [0.05, 0.1) is 0 Å². The van der Waals surface area contributed by atoms with E-state index in [9.17, 15) is 14.4 Å². The Labute approximate surface area is 160 Å². The van der Waals surface area contributed by atoms with Crippen molar-refractivity contribution in [2.75, 3.05) is 25.0 Å². The average molecular weight is 374 g/mol. The van der Waals surface area contributed by atoms with Gasteiger partial charge in [-0.05, 0) is 25.0 Å². The molecule has 1 fully saturated rings. The summed E-state index contributed by atoms with van der Waals surface area (Å²) in [4.78, 5) is 37.9. The number of rotatable bonds is 5. The van der Waals surface area contributed by atoms with E-state index in [2.05, 4.69) is 16.0 Å². The number of anilines is 1. The van der Waals surface area contributed by atoms with Gasteiger partial charge in [-0.3, -0.25) is 9.59 Å². The molecule has 1 aliphatic heterocycles. The van der Waals surface area contributed by atoms with Gasteiger partial charge in [0.15, 0.2) is 0 Å². The monoisotopic (exact) mass is 374 g/mol. The molecule has 2 rings (SSSR count). The van der Waals surface area contributed by atoms with Crippen molar-refractivity contribution in [3.05, 3.63) is 30.3 Å². The molecule has 3 N–H and O–H groups in total. The van der Waals surface area contributed by atoms with Crippen LogP contribution in [-0.4, -0.2) is 48.4 Å². The number of para-hydroxylation sites is 1. The largest absolute Gasteiger partial charge is 0.355 e. The van der Waals surface area contributed by atoms with Crippen molar-refractivity contribution in [3.8, 4) is 0 Å². The lowest BCUT2D eigenvalue weighted by Gasteiger charge is -2.32. The van der Waals surface area contributed by atoms with Gasteiger partial charge in [-0.25, -0.2) is 4.79 Å². The highest BCUT2D eigenvalue weighted by molar-refractivity contribution is 5.89. The minimum atomic E-state index is -0.455. The van der Waals surface area contributed by atoms with Gasteiger partial charge in [0.2, 0.25) is 11.8 Å². The molecule has 7 nitrogen and oxygen atoms in total. The molecule has 1 saturated heterocycles. The van der Waals surface area contributed by atoms with Gasteiger partial charge in [0.25, 0.3) is 0 Å². The Kier molecular flexibility index (Phi) is 7.21. The second-order valence-electron chi connectivity index (χ2n) is 7.88. The number of hydrogen-bond donors (Lipinski definition) is 3. The van der Waals surface area contributed by atoms with Crippen LogP contribution in [0.2, 0.25) is 0 Å². The van der Waals surface area contributed by atoms with Crippen LogP contribution in [-0.2, 0) is 9.59 Å². The summed E-state index contributed by atoms with van der Waals surface area (Å²) in [5, 5.41) is 8.64. The summed E-state index contributed by atoms with van der Waals surface area (Å²) in [6.45, 7) is 7.05. The lowest BCUT2D eigenvalue weighted by atomic mass is 9.96. The zero-order chi connectivity index (χ0) is 19.9. The highest BCUT2D eigenvalue weighted by atomic mass is 16.2. The molecular weight excluding hydrogens is 344 g/mol. The first kappa shape index (κ1) is 20.7. The summed E-state index contributed by atoms with van der Waals surface area (Å²) in [7, 11) is 0. The maximum atomic E-state index is 12.3. The molecule has 0 aromatic heterocycles. The zero-order valence-corrected chi connectivity index (χ0v) is 16.4. The molecule has 1 aromatic rings. The number of benzene rings is 1. The van der Waals surface area contributed by atoms with Crippen molar-refractivity contribution in [1.29, 1.82) is 0 Å². The minimum absolute atomic E-state index is 0.0620. The zero-order valence-electron chi connectivity index (χ0n) is 16.4. The summed E-state index contributed by atoms with van der Waals surface area (Å²) >= 11 is 0. The Balaban J connectivity index is 1.66. The van der Waals surface area contributed by atoms with Crippen LogP contribution in [0.25, 0.3) is 0 Å². The molecule has 27 heavy (non-hydrogen) atoms. The van der Waals surface area contributed by atoms with Crippen molar-refractivity contribution < 1.29 is 14.4 Å². The number of amides is 4. The summed E-state index contributed by atoms with van der Waals surface area (Å²) in [5.41, 5.74) is 0.319. The molecule has 7 heteroatoms. The highest BCUT2D eigenvalue weighted by Gasteiger charge is 2.24. The van der Waals surface area contributed by atoms with Gasteiger partial charge in [0, 0.05) is 43.2 Å². The number of piperidine rings is 1. The molecule has 1 aliphatic rings. The topological polar surface area (TPSA) is 90.5 Å². The fourth-order valence-electron chi connectivity index (χ4n) is 2.81. The minimum Gasteiger partial charge on any atom is -0.355 e. The standard InChI is InChI=1S/C20H30N4O3/c1-20(2,3)18(26)21-12-9-17(25)22-16-10-13-24(14-11-16)19(27)23-15-7-5-4-6-8-15/h4-8,16H,9-14H2,1-3H3,(H,21,26)(H,22,25)(H,23,27). The molecule has 0 atom stereocenters. The van der Waals surface area contributed by atoms with E-state index in [1.165, 1.54) is 0 Å². The third kappa shape index (κ3) is 6.92. The van der Waals surface area contributed by atoms with E-state index in [1.807, 2.05) is 51.1 Å². The maximum Gasteiger partial charge on any atom is 0.321 e. The molecular formula is C20H30N4O3. The molecule has 0 aliphatic carbocycles. The Hall–Kier alpha value is -2.57. The van der Waals surface area contributed by atoms with Crippen molar-refractivity contribution in [2.45, 2.75) is 46.1 Å². The van der Waals surface area contributed by atoms with Crippen molar-refractivity contribution in [2.24, 2.45) is 5.41 Å². The molecule has 0 unspecified atom stereocenters. The molecule has 1 aromatic carbocycles. The number of carbonyl (C=O) groups is 3. The van der Waals surface area contributed by atoms with Crippen LogP contribution in [0, 0.1) is 5.41 Å². The first-order valence-electron chi connectivity index (χ1n) is 9.44. The smallest absolute Gasteiger partial charge is 0.321 e. The van der Waals surface area contributed by atoms with Crippen molar-refractivity contribution in [1.82, 2.24) is 15.5 Å². The fourth-order valence-corrected chi connectivity index (χ4v) is 2.81. The number of urea groups is 1. The Bertz CT molecular complexity index is 647. The molecule has 1 heterocycles. The van der Waals surface area contributed by atoms with E-state index in [-0.39, 0.29) is 30.3 Å². The number of hydrogen-bond acceptors (Lipinski definition) is 3. The lowest BCUT2D eigenvalue weighted by molar-refractivity contribution is -0.128. The number of likely N-dealkylation sites (tertiary alicyclic amines) is 1. The summed E-state index contributed by atoms with van der Waals surface area (Å²) in [6.07, 6.45) is 1.71. The van der Waals surface area contributed by atoms with E-state index in [1.54, 1.807) is 4.90 Å². The molecule has 4 amide bonds.